The number of aromatic nitrogens is 2. The number of ether oxygens (including phenoxy) is 4. The molecule has 94 heavy (non-hydrogen) atoms. The van der Waals surface area contributed by atoms with Crippen LogP contribution in [0.2, 0.25) is 0 Å². The van der Waals surface area contributed by atoms with Crippen LogP contribution in [0.3, 0.4) is 0 Å². The van der Waals surface area contributed by atoms with Crippen LogP contribution in [0.25, 0.3) is 6.08 Å². The largest absolute Gasteiger partial charge is 0.472 e. The lowest BCUT2D eigenvalue weighted by atomic mass is 9.78. The van der Waals surface area contributed by atoms with Crippen LogP contribution >= 0.6 is 0 Å². The third-order valence-electron chi connectivity index (χ3n) is 19.5. The van der Waals surface area contributed by atoms with Crippen molar-refractivity contribution >= 4 is 73.8 Å². The number of sulfonamides is 2. The fraction of sp³-hybridized carbons (Fsp3) is 0.667. The Hall–Kier alpha value is -7.36. The Morgan fingerprint density at radius 1 is 0.713 bits per heavy atom. The first kappa shape index (κ1) is 69.5. The molecule has 2 aromatic rings. The average Bonchev–Trinajstić information content (AvgIpc) is 1.58. The van der Waals surface area contributed by atoms with Gasteiger partial charge in [-0.2, -0.15) is 0 Å². The summed E-state index contributed by atoms with van der Waals surface area (Å²) >= 11 is 0. The quantitative estimate of drug-likeness (QED) is 0.123. The van der Waals surface area contributed by atoms with Gasteiger partial charge in [0.2, 0.25) is 55.4 Å². The number of hydrogen-bond donors (Lipinski definition) is 6. The van der Waals surface area contributed by atoms with Gasteiger partial charge in [-0.05, 0) is 130 Å². The molecule has 10 rings (SSSR count). The maximum Gasteiger partial charge on any atom is 0.407 e. The minimum absolute atomic E-state index is 0.0567. The topological polar surface area (TPSA) is 346 Å². The van der Waals surface area contributed by atoms with Crippen molar-refractivity contribution in [1.82, 2.24) is 50.5 Å². The van der Waals surface area contributed by atoms with E-state index in [0.717, 1.165) is 38.5 Å². The summed E-state index contributed by atoms with van der Waals surface area (Å²) < 4.78 is 81.3. The van der Waals surface area contributed by atoms with Gasteiger partial charge in [-0.25, -0.2) is 36.4 Å². The SMILES string of the molecule is C=CC1C[C@]1(NC(=O)[C@@H]1C[C@@H]2CN1C(=O)[C@H](C(C)(C)C)NC(=O)OCCCCCCCc1cc(CC(C)(C)[C@@H]3NC(=O)OCCCCC/C=C/c4cccnc4O[C@@H]4C[C@@H](C(=O)N[C@]5(C(=O)NS(=O)(=O)C6CC6)CC5CC)N(C4)C3=O)cnc1O2)C(=O)NS(=O)(=O)C1CC1. The fourth-order valence-corrected chi connectivity index (χ4v) is 16.2. The van der Waals surface area contributed by atoms with Crippen molar-refractivity contribution in [3.8, 4) is 11.8 Å². The predicted octanol–water partition coefficient (Wildman–Crippen LogP) is 5.33. The van der Waals surface area contributed by atoms with E-state index in [-0.39, 0.29) is 70.2 Å². The van der Waals surface area contributed by atoms with Gasteiger partial charge in [-0.1, -0.05) is 85.5 Å². The molecule has 28 heteroatoms. The molecule has 2 aromatic heterocycles. The number of nitrogens with zero attached hydrogens (tertiary/aromatic N) is 4. The number of nitrogens with one attached hydrogen (secondary N) is 6. The number of carbonyl (C=O) groups excluding carboxylic acids is 8. The number of allylic oxidation sites excluding steroid dienone is 1. The molecule has 4 aliphatic carbocycles. The molecule has 6 N–H and O–H groups in total. The molecule has 4 saturated carbocycles. The normalized spacial score (nSPS) is 29.6. The second-order valence-electron chi connectivity index (χ2n) is 28.5. The number of aryl methyl sites for hydroxylation is 1. The van der Waals surface area contributed by atoms with Gasteiger partial charge in [0, 0.05) is 42.3 Å². The van der Waals surface area contributed by atoms with Crippen molar-refractivity contribution in [1.29, 1.82) is 0 Å². The maximum atomic E-state index is 15.8. The molecule has 26 nitrogen and oxygen atoms in total. The van der Waals surface area contributed by atoms with Gasteiger partial charge >= 0.3 is 12.2 Å². The highest BCUT2D eigenvalue weighted by Crippen LogP contribution is 2.48. The van der Waals surface area contributed by atoms with Crippen LogP contribution in [-0.2, 0) is 71.1 Å². The summed E-state index contributed by atoms with van der Waals surface area (Å²) in [4.78, 5) is 128. The Morgan fingerprint density at radius 3 is 1.82 bits per heavy atom. The molecule has 8 aliphatic rings. The van der Waals surface area contributed by atoms with E-state index in [1.165, 1.54) is 15.9 Å². The average molecular weight is 1350 g/mol. The molecule has 10 atom stereocenters. The van der Waals surface area contributed by atoms with Crippen LogP contribution in [0.15, 0.2) is 49.3 Å². The number of pyridine rings is 2. The van der Waals surface area contributed by atoms with Gasteiger partial charge in [-0.3, -0.25) is 38.2 Å². The highest BCUT2D eigenvalue weighted by atomic mass is 32.2. The molecule has 2 saturated heterocycles. The van der Waals surface area contributed by atoms with Crippen LogP contribution in [-0.4, -0.2) is 168 Å². The fourth-order valence-electron chi connectivity index (χ4n) is 13.5. The minimum atomic E-state index is -4.01. The first-order chi connectivity index (χ1) is 44.6. The second-order valence-corrected chi connectivity index (χ2v) is 32.4. The van der Waals surface area contributed by atoms with Crippen LogP contribution in [0.5, 0.6) is 11.8 Å². The molecule has 4 bridgehead atoms. The summed E-state index contributed by atoms with van der Waals surface area (Å²) in [6.45, 7) is 14.4. The number of fused-ring (bicyclic) bond motifs is 6. The van der Waals surface area contributed by atoms with E-state index in [0.29, 0.717) is 74.5 Å². The third kappa shape index (κ3) is 16.1. The number of carbonyl (C=O) groups is 8. The highest BCUT2D eigenvalue weighted by Gasteiger charge is 2.64. The molecular weight excluding hydrogens is 1250 g/mol. The van der Waals surface area contributed by atoms with Crippen molar-refractivity contribution in [3.05, 3.63) is 66.0 Å². The molecular formula is C66H92N10O16S2. The number of rotatable bonds is 15. The molecule has 8 amide bonds. The molecule has 6 heterocycles. The van der Waals surface area contributed by atoms with E-state index in [9.17, 15) is 40.8 Å². The predicted molar refractivity (Wildman–Crippen MR) is 344 cm³/mol. The van der Waals surface area contributed by atoms with Gasteiger partial charge in [0.05, 0.1) is 36.8 Å². The van der Waals surface area contributed by atoms with E-state index in [1.54, 1.807) is 53.1 Å². The third-order valence-corrected chi connectivity index (χ3v) is 23.2. The summed E-state index contributed by atoms with van der Waals surface area (Å²) in [5, 5.41) is 9.93. The van der Waals surface area contributed by atoms with E-state index in [1.807, 2.05) is 31.2 Å². The van der Waals surface area contributed by atoms with Crippen LogP contribution in [0, 0.1) is 22.7 Å². The molecule has 6 fully saturated rings. The minimum Gasteiger partial charge on any atom is -0.472 e. The molecule has 4 aliphatic heterocycles. The van der Waals surface area contributed by atoms with Crippen molar-refractivity contribution in [2.75, 3.05) is 26.3 Å². The Morgan fingerprint density at radius 2 is 1.26 bits per heavy atom. The molecule has 514 valence electrons. The zero-order chi connectivity index (χ0) is 67.5. The standard InChI is InChI=1S/C66H92N10O16S2/c1-8-43-35-65(43,59(81)73-93(85,86)47-24-25-47)71-53(77)49-33-46-38-75(49)57(79)51(63(3,4)5)69-61(83)89-29-18-15-11-13-17-22-42-31-40(37-68-56(42)92-46)34-64(6,7)52-58(80)76-39-45(91-55-41(23-20-28-67-55)21-16-12-10-14-19-30-90-62(84)70-52)32-50(76)54(78)72-66(36-44(66)9-2)60(82)74-94(87,88)48-26-27-48/h8,16,20-21,23,28,31,37,43-52H,1,9-15,17-19,22,24-27,29-30,32-36,38-39H2,2-7H3,(H,69,83)(H,70,84)(H,71,77)(H,72,78)(H,73,81)(H,74,82)/b21-16+/t43?,44?,45-,46-,49+,50+,51-,52-,65-,66-/m1/s1. The van der Waals surface area contributed by atoms with Crippen LogP contribution in [0.1, 0.15) is 174 Å². The summed E-state index contributed by atoms with van der Waals surface area (Å²) in [5.41, 5.74) is -3.35. The molecule has 0 radical (unpaired) electrons. The van der Waals surface area contributed by atoms with Gasteiger partial charge in [0.25, 0.3) is 11.8 Å². The molecule has 2 unspecified atom stereocenters. The first-order valence-corrected chi connectivity index (χ1v) is 36.5. The van der Waals surface area contributed by atoms with Gasteiger partial charge < -0.3 is 50.0 Å². The Bertz CT molecular complexity index is 3520. The Kier molecular flexibility index (Phi) is 20.8. The molecule has 0 spiro atoms. The van der Waals surface area contributed by atoms with Crippen molar-refractivity contribution in [2.24, 2.45) is 22.7 Å². The van der Waals surface area contributed by atoms with Crippen LogP contribution < -0.4 is 40.2 Å². The zero-order valence-electron chi connectivity index (χ0n) is 54.7. The van der Waals surface area contributed by atoms with E-state index in [4.69, 9.17) is 23.9 Å². The number of hydrogen-bond acceptors (Lipinski definition) is 18. The molecule has 0 aromatic carbocycles. The lowest BCUT2D eigenvalue weighted by Gasteiger charge is -2.37. The van der Waals surface area contributed by atoms with Crippen LogP contribution in [0.4, 0.5) is 9.59 Å². The lowest BCUT2D eigenvalue weighted by molar-refractivity contribution is -0.143. The Labute approximate surface area is 550 Å². The van der Waals surface area contributed by atoms with E-state index < -0.39 is 148 Å². The van der Waals surface area contributed by atoms with Gasteiger partial charge in [-0.15, -0.1) is 6.58 Å². The van der Waals surface area contributed by atoms with E-state index >= 15 is 14.4 Å². The monoisotopic (exact) mass is 1340 g/mol. The Balaban J connectivity index is 0.951. The summed E-state index contributed by atoms with van der Waals surface area (Å²) in [6, 6.07) is 0.400. The highest BCUT2D eigenvalue weighted by molar-refractivity contribution is 7.91. The lowest BCUT2D eigenvalue weighted by Crippen LogP contribution is -2.60. The van der Waals surface area contributed by atoms with Gasteiger partial charge in [0.1, 0.15) is 47.5 Å². The zero-order valence-corrected chi connectivity index (χ0v) is 56.3. The number of amides is 8. The van der Waals surface area contributed by atoms with Gasteiger partial charge in [0.15, 0.2) is 0 Å². The number of cyclic esters (lactones) is 2. The second kappa shape index (κ2) is 28.1. The summed E-state index contributed by atoms with van der Waals surface area (Å²) in [6.07, 6.45) is 14.2. The van der Waals surface area contributed by atoms with Crippen molar-refractivity contribution in [2.45, 2.75) is 228 Å². The number of alkyl carbamates (subject to hydrolysis) is 2. The maximum absolute atomic E-state index is 15.8. The summed E-state index contributed by atoms with van der Waals surface area (Å²) in [7, 11) is -8.00. The van der Waals surface area contributed by atoms with Crippen molar-refractivity contribution in [3.63, 3.8) is 0 Å². The summed E-state index contributed by atoms with van der Waals surface area (Å²) in [5.74, 6) is -5.01. The first-order valence-electron chi connectivity index (χ1n) is 33.4. The smallest absolute Gasteiger partial charge is 0.407 e. The van der Waals surface area contributed by atoms with E-state index in [2.05, 4.69) is 42.3 Å². The van der Waals surface area contributed by atoms with Crippen molar-refractivity contribution < 1.29 is 74.1 Å².